The topological polar surface area (TPSA) is 71.4 Å². The number of phenols is 1. The summed E-state index contributed by atoms with van der Waals surface area (Å²) in [6.45, 7) is 6.06. The SMILES string of the molecule is Cc1ccc(C(=O)c2ccccc2)cc1C.Cc1cccc(C(=O)c2ccccc2)c1.O=C(c1ccccc1)c1cccc(O)c1. The molecular formula is C42H36O4. The van der Waals surface area contributed by atoms with Crippen molar-refractivity contribution in [2.45, 2.75) is 20.8 Å². The number of carbonyl (C=O) groups is 3. The summed E-state index contributed by atoms with van der Waals surface area (Å²) in [4.78, 5) is 36.0. The smallest absolute Gasteiger partial charge is 0.193 e. The molecule has 0 unspecified atom stereocenters. The summed E-state index contributed by atoms with van der Waals surface area (Å²) in [6.07, 6.45) is 0. The molecule has 0 aliphatic rings. The lowest BCUT2D eigenvalue weighted by Crippen LogP contribution is -2.01. The highest BCUT2D eigenvalue weighted by Gasteiger charge is 2.10. The van der Waals surface area contributed by atoms with Gasteiger partial charge in [0.2, 0.25) is 0 Å². The summed E-state index contributed by atoms with van der Waals surface area (Å²) in [7, 11) is 0. The molecule has 0 fully saturated rings. The van der Waals surface area contributed by atoms with Gasteiger partial charge in [0.05, 0.1) is 0 Å². The first-order valence-electron chi connectivity index (χ1n) is 14.9. The van der Waals surface area contributed by atoms with Crippen molar-refractivity contribution in [1.82, 2.24) is 0 Å². The molecule has 4 nitrogen and oxygen atoms in total. The molecule has 228 valence electrons. The van der Waals surface area contributed by atoms with Crippen molar-refractivity contribution in [3.63, 3.8) is 0 Å². The fraction of sp³-hybridized carbons (Fsp3) is 0.0714. The Morgan fingerprint density at radius 3 is 1.17 bits per heavy atom. The maximum Gasteiger partial charge on any atom is 0.193 e. The molecule has 1 N–H and O–H groups in total. The second-order valence-electron chi connectivity index (χ2n) is 10.8. The zero-order valence-corrected chi connectivity index (χ0v) is 26.2. The van der Waals surface area contributed by atoms with E-state index >= 15 is 0 Å². The third-order valence-corrected chi connectivity index (χ3v) is 7.27. The number of aromatic hydroxyl groups is 1. The average Bonchev–Trinajstić information content (AvgIpc) is 3.10. The summed E-state index contributed by atoms with van der Waals surface area (Å²) in [5, 5.41) is 9.26. The number of phenolic OH excluding ortho intramolecular Hbond substituents is 1. The molecule has 6 aromatic rings. The number of hydrogen-bond donors (Lipinski definition) is 1. The molecule has 0 aliphatic heterocycles. The Balaban J connectivity index is 0.000000157. The molecule has 46 heavy (non-hydrogen) atoms. The fourth-order valence-electron chi connectivity index (χ4n) is 4.58. The van der Waals surface area contributed by atoms with Crippen LogP contribution in [0, 0.1) is 20.8 Å². The summed E-state index contributed by atoms with van der Waals surface area (Å²) in [6, 6.07) is 47.6. The van der Waals surface area contributed by atoms with Gasteiger partial charge in [-0.25, -0.2) is 0 Å². The Morgan fingerprint density at radius 2 is 0.761 bits per heavy atom. The molecule has 0 heterocycles. The predicted molar refractivity (Wildman–Crippen MR) is 185 cm³/mol. The van der Waals surface area contributed by atoms with Crippen molar-refractivity contribution in [3.8, 4) is 5.75 Å². The quantitative estimate of drug-likeness (QED) is 0.192. The van der Waals surface area contributed by atoms with E-state index in [0.717, 1.165) is 33.4 Å². The standard InChI is InChI=1S/C15H14O.C14H12O.C13H10O2/c1-11-8-9-14(10-12(11)2)15(16)13-6-4-3-5-7-13;1-11-6-5-9-13(10-11)14(15)12-7-3-2-4-8-12;14-12-8-4-7-11(9-12)13(15)10-5-2-1-3-6-10/h3-10H,1-2H3;2-10H,1H3;1-9,14H. The number of benzene rings is 6. The van der Waals surface area contributed by atoms with E-state index in [1.54, 1.807) is 30.3 Å². The lowest BCUT2D eigenvalue weighted by atomic mass is 9.99. The predicted octanol–water partition coefficient (Wildman–Crippen LogP) is 9.38. The van der Waals surface area contributed by atoms with Crippen LogP contribution in [-0.4, -0.2) is 22.5 Å². The first kappa shape index (κ1) is 33.0. The Hall–Kier alpha value is -5.87. The minimum Gasteiger partial charge on any atom is -0.508 e. The van der Waals surface area contributed by atoms with Gasteiger partial charge >= 0.3 is 0 Å². The third kappa shape index (κ3) is 9.31. The van der Waals surface area contributed by atoms with E-state index in [2.05, 4.69) is 0 Å². The van der Waals surface area contributed by atoms with Gasteiger partial charge in [-0.15, -0.1) is 0 Å². The molecule has 6 rings (SSSR count). The molecule has 0 aromatic heterocycles. The molecule has 0 aliphatic carbocycles. The van der Waals surface area contributed by atoms with E-state index in [1.165, 1.54) is 11.6 Å². The largest absolute Gasteiger partial charge is 0.508 e. The maximum atomic E-state index is 12.1. The Kier molecular flexibility index (Phi) is 11.7. The molecule has 0 saturated carbocycles. The van der Waals surface area contributed by atoms with Gasteiger partial charge in [0.15, 0.2) is 17.3 Å². The van der Waals surface area contributed by atoms with Crippen LogP contribution in [0.3, 0.4) is 0 Å². The minimum absolute atomic E-state index is 0.0773. The molecule has 0 atom stereocenters. The second-order valence-corrected chi connectivity index (χ2v) is 10.8. The Bertz CT molecular complexity index is 1820. The second kappa shape index (κ2) is 16.3. The van der Waals surface area contributed by atoms with E-state index in [0.29, 0.717) is 11.1 Å². The first-order valence-corrected chi connectivity index (χ1v) is 14.9. The molecule has 0 bridgehead atoms. The van der Waals surface area contributed by atoms with Gasteiger partial charge < -0.3 is 5.11 Å². The minimum atomic E-state index is -0.0773. The molecule has 0 radical (unpaired) electrons. The molecule has 0 spiro atoms. The van der Waals surface area contributed by atoms with Gasteiger partial charge in [0.1, 0.15) is 5.75 Å². The van der Waals surface area contributed by atoms with Gasteiger partial charge in [-0.2, -0.15) is 0 Å². The van der Waals surface area contributed by atoms with Crippen molar-refractivity contribution in [2.24, 2.45) is 0 Å². The van der Waals surface area contributed by atoms with E-state index in [4.69, 9.17) is 0 Å². The van der Waals surface area contributed by atoms with Crippen LogP contribution >= 0.6 is 0 Å². The zero-order chi connectivity index (χ0) is 32.9. The van der Waals surface area contributed by atoms with Crippen LogP contribution in [0.15, 0.2) is 158 Å². The average molecular weight is 605 g/mol. The highest BCUT2D eigenvalue weighted by Crippen LogP contribution is 2.16. The summed E-state index contributed by atoms with van der Waals surface area (Å²) < 4.78 is 0. The van der Waals surface area contributed by atoms with Crippen LogP contribution in [0.25, 0.3) is 0 Å². The van der Waals surface area contributed by atoms with Crippen LogP contribution < -0.4 is 0 Å². The summed E-state index contributed by atoms with van der Waals surface area (Å²) in [5.41, 5.74) is 7.59. The van der Waals surface area contributed by atoms with E-state index in [1.807, 2.05) is 142 Å². The first-order chi connectivity index (χ1) is 22.2. The molecule has 0 saturated heterocycles. The number of carbonyl (C=O) groups excluding carboxylic acids is 3. The van der Waals surface area contributed by atoms with Gasteiger partial charge in [-0.05, 0) is 56.2 Å². The van der Waals surface area contributed by atoms with Crippen molar-refractivity contribution in [3.05, 3.63) is 208 Å². The summed E-state index contributed by atoms with van der Waals surface area (Å²) >= 11 is 0. The monoisotopic (exact) mass is 604 g/mol. The molecule has 0 amide bonds. The van der Waals surface area contributed by atoms with E-state index in [-0.39, 0.29) is 23.1 Å². The number of ketones is 3. The van der Waals surface area contributed by atoms with Gasteiger partial charge in [-0.1, -0.05) is 139 Å². The van der Waals surface area contributed by atoms with Crippen LogP contribution in [0.5, 0.6) is 5.75 Å². The van der Waals surface area contributed by atoms with Crippen molar-refractivity contribution in [2.75, 3.05) is 0 Å². The third-order valence-electron chi connectivity index (χ3n) is 7.27. The number of rotatable bonds is 6. The molecule has 4 heteroatoms. The Labute approximate surface area is 270 Å². The van der Waals surface area contributed by atoms with Crippen LogP contribution in [0.4, 0.5) is 0 Å². The number of hydrogen-bond acceptors (Lipinski definition) is 4. The fourth-order valence-corrected chi connectivity index (χ4v) is 4.58. The van der Waals surface area contributed by atoms with Gasteiger partial charge in [0.25, 0.3) is 0 Å². The van der Waals surface area contributed by atoms with Crippen molar-refractivity contribution >= 4 is 17.3 Å². The lowest BCUT2D eigenvalue weighted by molar-refractivity contribution is 0.103. The van der Waals surface area contributed by atoms with Gasteiger partial charge in [0, 0.05) is 33.4 Å². The maximum absolute atomic E-state index is 12.1. The van der Waals surface area contributed by atoms with Crippen molar-refractivity contribution < 1.29 is 19.5 Å². The Morgan fingerprint density at radius 1 is 0.370 bits per heavy atom. The molecule has 6 aromatic carbocycles. The van der Waals surface area contributed by atoms with Crippen LogP contribution in [0.2, 0.25) is 0 Å². The van der Waals surface area contributed by atoms with E-state index in [9.17, 15) is 19.5 Å². The van der Waals surface area contributed by atoms with Crippen LogP contribution in [-0.2, 0) is 0 Å². The van der Waals surface area contributed by atoms with E-state index < -0.39 is 0 Å². The molecular weight excluding hydrogens is 568 g/mol. The normalized spacial score (nSPS) is 9.98. The highest BCUT2D eigenvalue weighted by atomic mass is 16.3. The van der Waals surface area contributed by atoms with Crippen LogP contribution in [0.1, 0.15) is 64.5 Å². The number of aryl methyl sites for hydroxylation is 3. The highest BCUT2D eigenvalue weighted by molar-refractivity contribution is 6.10. The van der Waals surface area contributed by atoms with Crippen molar-refractivity contribution in [1.29, 1.82) is 0 Å². The summed E-state index contributed by atoms with van der Waals surface area (Å²) in [5.74, 6) is 0.200. The zero-order valence-electron chi connectivity index (χ0n) is 26.2. The lowest BCUT2D eigenvalue weighted by Gasteiger charge is -2.04. The van der Waals surface area contributed by atoms with Gasteiger partial charge in [-0.3, -0.25) is 14.4 Å².